The second-order valence-corrected chi connectivity index (χ2v) is 5.19. The van der Waals surface area contributed by atoms with Gasteiger partial charge in [0.1, 0.15) is 17.5 Å². The van der Waals surface area contributed by atoms with Crippen LogP contribution in [-0.4, -0.2) is 22.7 Å². The molecular formula is C14H16N2O3. The molecule has 0 radical (unpaired) electrons. The number of nitrogens with one attached hydrogen (secondary N) is 1. The maximum atomic E-state index is 11.3. The van der Waals surface area contributed by atoms with Crippen molar-refractivity contribution in [2.24, 2.45) is 0 Å². The van der Waals surface area contributed by atoms with Gasteiger partial charge >= 0.3 is 0 Å². The van der Waals surface area contributed by atoms with Gasteiger partial charge in [-0.1, -0.05) is 0 Å². The van der Waals surface area contributed by atoms with Crippen LogP contribution < -0.4 is 10.1 Å². The molecule has 1 aromatic carbocycles. The number of amides is 1. The first-order chi connectivity index (χ1) is 8.85. The van der Waals surface area contributed by atoms with Crippen molar-refractivity contribution in [1.82, 2.24) is 5.32 Å². The van der Waals surface area contributed by atoms with Crippen LogP contribution in [-0.2, 0) is 4.79 Å². The fraction of sp³-hybridized carbons (Fsp3) is 0.429. The summed E-state index contributed by atoms with van der Waals surface area (Å²) in [5.74, 6) is 0.336. The van der Waals surface area contributed by atoms with Crippen molar-refractivity contribution in [3.8, 4) is 11.8 Å². The first-order valence-electron chi connectivity index (χ1n) is 6.03. The van der Waals surface area contributed by atoms with Gasteiger partial charge in [0.15, 0.2) is 0 Å². The SMILES string of the molecule is CC(=O)NC1c2cc(C#N)ccc2OC(C)(C)[C@H]1O. The van der Waals surface area contributed by atoms with Crippen LogP contribution in [0, 0.1) is 11.3 Å². The molecule has 0 aromatic heterocycles. The maximum absolute atomic E-state index is 11.3. The van der Waals surface area contributed by atoms with E-state index in [2.05, 4.69) is 5.32 Å². The van der Waals surface area contributed by atoms with Gasteiger partial charge in [0.2, 0.25) is 5.91 Å². The third-order valence-electron chi connectivity index (χ3n) is 3.23. The molecule has 2 atom stereocenters. The highest BCUT2D eigenvalue weighted by atomic mass is 16.5. The molecule has 0 aliphatic carbocycles. The standard InChI is InChI=1S/C14H16N2O3/c1-8(17)16-12-10-6-9(7-15)4-5-11(10)19-14(2,3)13(12)18/h4-6,12-13,18H,1-3H3,(H,16,17)/t12?,13-/m0/s1. The fourth-order valence-electron chi connectivity index (χ4n) is 2.24. The molecule has 1 aromatic rings. The van der Waals surface area contributed by atoms with Crippen LogP contribution in [0.3, 0.4) is 0 Å². The van der Waals surface area contributed by atoms with Crippen molar-refractivity contribution in [2.75, 3.05) is 0 Å². The third kappa shape index (κ3) is 2.40. The van der Waals surface area contributed by atoms with Crippen LogP contribution >= 0.6 is 0 Å². The van der Waals surface area contributed by atoms with Gasteiger partial charge in [-0.2, -0.15) is 5.26 Å². The normalized spacial score (nSPS) is 23.7. The molecule has 2 N–H and O–H groups in total. The molecule has 0 fully saturated rings. The van der Waals surface area contributed by atoms with E-state index in [0.29, 0.717) is 16.9 Å². The van der Waals surface area contributed by atoms with Crippen LogP contribution in [0.15, 0.2) is 18.2 Å². The lowest BCUT2D eigenvalue weighted by molar-refractivity contribution is -0.123. The zero-order valence-electron chi connectivity index (χ0n) is 11.1. The molecule has 0 bridgehead atoms. The molecule has 0 saturated heterocycles. The minimum atomic E-state index is -0.891. The molecule has 5 nitrogen and oxygen atoms in total. The van der Waals surface area contributed by atoms with Crippen LogP contribution in [0.4, 0.5) is 0 Å². The van der Waals surface area contributed by atoms with Crippen molar-refractivity contribution in [1.29, 1.82) is 5.26 Å². The van der Waals surface area contributed by atoms with Gasteiger partial charge in [0.05, 0.1) is 17.7 Å². The molecule has 19 heavy (non-hydrogen) atoms. The monoisotopic (exact) mass is 260 g/mol. The minimum absolute atomic E-state index is 0.241. The zero-order valence-corrected chi connectivity index (χ0v) is 11.1. The number of carbonyl (C=O) groups excluding carboxylic acids is 1. The summed E-state index contributed by atoms with van der Waals surface area (Å²) in [5, 5.41) is 22.0. The van der Waals surface area contributed by atoms with E-state index >= 15 is 0 Å². The first kappa shape index (κ1) is 13.4. The Bertz CT molecular complexity index is 560. The Morgan fingerprint density at radius 3 is 2.79 bits per heavy atom. The molecule has 2 rings (SSSR count). The lowest BCUT2D eigenvalue weighted by atomic mass is 9.86. The second-order valence-electron chi connectivity index (χ2n) is 5.19. The van der Waals surface area contributed by atoms with Gasteiger partial charge in [-0.25, -0.2) is 0 Å². The van der Waals surface area contributed by atoms with Crippen molar-refractivity contribution in [3.05, 3.63) is 29.3 Å². The average molecular weight is 260 g/mol. The van der Waals surface area contributed by atoms with E-state index < -0.39 is 17.7 Å². The Labute approximate surface area is 111 Å². The third-order valence-corrected chi connectivity index (χ3v) is 3.23. The van der Waals surface area contributed by atoms with Gasteiger partial charge in [0, 0.05) is 12.5 Å². The predicted octanol–water partition coefficient (Wildman–Crippen LogP) is 1.27. The van der Waals surface area contributed by atoms with Gasteiger partial charge < -0.3 is 15.2 Å². The zero-order chi connectivity index (χ0) is 14.2. The van der Waals surface area contributed by atoms with Crippen LogP contribution in [0.1, 0.15) is 37.9 Å². The summed E-state index contributed by atoms with van der Waals surface area (Å²) >= 11 is 0. The number of ether oxygens (including phenoxy) is 1. The second kappa shape index (κ2) is 4.56. The largest absolute Gasteiger partial charge is 0.485 e. The molecule has 5 heteroatoms. The Morgan fingerprint density at radius 1 is 1.53 bits per heavy atom. The minimum Gasteiger partial charge on any atom is -0.485 e. The summed E-state index contributed by atoms with van der Waals surface area (Å²) in [7, 11) is 0. The van der Waals surface area contributed by atoms with E-state index in [1.54, 1.807) is 32.0 Å². The maximum Gasteiger partial charge on any atom is 0.217 e. The molecule has 1 aliphatic rings. The molecule has 100 valence electrons. The topological polar surface area (TPSA) is 82.4 Å². The number of nitriles is 1. The van der Waals surface area contributed by atoms with Crippen LogP contribution in [0.25, 0.3) is 0 Å². The highest BCUT2D eigenvalue weighted by molar-refractivity contribution is 5.74. The molecule has 1 amide bonds. The molecule has 0 saturated carbocycles. The highest BCUT2D eigenvalue weighted by Crippen LogP contribution is 2.40. The van der Waals surface area contributed by atoms with Crippen LogP contribution in [0.5, 0.6) is 5.75 Å². The number of aliphatic hydroxyl groups excluding tert-OH is 1. The van der Waals surface area contributed by atoms with Crippen molar-refractivity contribution >= 4 is 5.91 Å². The molecule has 1 aliphatic heterocycles. The summed E-state index contributed by atoms with van der Waals surface area (Å²) < 4.78 is 5.73. The Kier molecular flexibility index (Phi) is 3.21. The quantitative estimate of drug-likeness (QED) is 0.796. The lowest BCUT2D eigenvalue weighted by Gasteiger charge is -2.42. The predicted molar refractivity (Wildman–Crippen MR) is 68.4 cm³/mol. The average Bonchev–Trinajstić information content (AvgIpc) is 2.34. The van der Waals surface area contributed by atoms with E-state index in [-0.39, 0.29) is 5.91 Å². The molecule has 1 heterocycles. The summed E-state index contributed by atoms with van der Waals surface area (Å²) in [6.45, 7) is 4.91. The van der Waals surface area contributed by atoms with Crippen molar-refractivity contribution < 1.29 is 14.6 Å². The number of carbonyl (C=O) groups is 1. The summed E-state index contributed by atoms with van der Waals surface area (Å²) in [5.41, 5.74) is 0.277. The van der Waals surface area contributed by atoms with Gasteiger partial charge in [-0.3, -0.25) is 4.79 Å². The Morgan fingerprint density at radius 2 is 2.21 bits per heavy atom. The number of aliphatic hydroxyl groups is 1. The summed E-state index contributed by atoms with van der Waals surface area (Å²) in [6, 6.07) is 6.43. The smallest absolute Gasteiger partial charge is 0.217 e. The fourth-order valence-corrected chi connectivity index (χ4v) is 2.24. The van der Waals surface area contributed by atoms with Crippen LogP contribution in [0.2, 0.25) is 0 Å². The Hall–Kier alpha value is -2.06. The number of benzene rings is 1. The van der Waals surface area contributed by atoms with E-state index in [0.717, 1.165) is 0 Å². The molecule has 0 spiro atoms. The summed E-state index contributed by atoms with van der Waals surface area (Å²) in [6.07, 6.45) is -0.891. The van der Waals surface area contributed by atoms with Gasteiger partial charge in [-0.15, -0.1) is 0 Å². The van der Waals surface area contributed by atoms with E-state index in [4.69, 9.17) is 10.00 Å². The summed E-state index contributed by atoms with van der Waals surface area (Å²) in [4.78, 5) is 11.3. The van der Waals surface area contributed by atoms with E-state index in [9.17, 15) is 9.90 Å². The van der Waals surface area contributed by atoms with Crippen molar-refractivity contribution in [3.63, 3.8) is 0 Å². The van der Waals surface area contributed by atoms with Crippen molar-refractivity contribution in [2.45, 2.75) is 38.5 Å². The number of rotatable bonds is 1. The number of fused-ring (bicyclic) bond motifs is 1. The molecule has 1 unspecified atom stereocenters. The van der Waals surface area contributed by atoms with E-state index in [1.807, 2.05) is 6.07 Å². The number of hydrogen-bond acceptors (Lipinski definition) is 4. The van der Waals surface area contributed by atoms with Gasteiger partial charge in [0.25, 0.3) is 0 Å². The highest BCUT2D eigenvalue weighted by Gasteiger charge is 2.43. The first-order valence-corrected chi connectivity index (χ1v) is 6.03. The van der Waals surface area contributed by atoms with Gasteiger partial charge in [-0.05, 0) is 32.0 Å². The Balaban J connectivity index is 2.52. The lowest BCUT2D eigenvalue weighted by Crippen LogP contribution is -2.53. The van der Waals surface area contributed by atoms with E-state index in [1.165, 1.54) is 6.92 Å². The number of nitrogens with zero attached hydrogens (tertiary/aromatic N) is 1. The molecular weight excluding hydrogens is 244 g/mol. The number of hydrogen-bond donors (Lipinski definition) is 2.